The third-order valence-electron chi connectivity index (χ3n) is 3.51. The minimum absolute atomic E-state index is 0.259. The van der Waals surface area contributed by atoms with E-state index < -0.39 is 37.3 Å². The Kier molecular flexibility index (Phi) is 6.28. The van der Waals surface area contributed by atoms with Gasteiger partial charge in [0.05, 0.1) is 6.61 Å². The van der Waals surface area contributed by atoms with Crippen molar-refractivity contribution in [1.29, 1.82) is 0 Å². The molecule has 23 heavy (non-hydrogen) atoms. The molecule has 1 aromatic carbocycles. The SMILES string of the molecule is CO[C@@H]1O[C@H](CO)[C@@H](O)[C@H](OC(=S)Oc2ccc(C)cc2)[C@@H]1O. The number of aryl methyl sites for hydroxylation is 1. The normalized spacial score (nSPS) is 30.7. The van der Waals surface area contributed by atoms with Gasteiger partial charge < -0.3 is 34.3 Å². The molecule has 8 heteroatoms. The van der Waals surface area contributed by atoms with Crippen molar-refractivity contribution >= 4 is 17.5 Å². The van der Waals surface area contributed by atoms with Crippen LogP contribution in [0.3, 0.4) is 0 Å². The molecular formula is C15H20O7S. The Morgan fingerprint density at radius 3 is 2.43 bits per heavy atom. The fraction of sp³-hybridized carbons (Fsp3) is 0.533. The Morgan fingerprint density at radius 1 is 1.22 bits per heavy atom. The first-order chi connectivity index (χ1) is 11.0. The summed E-state index contributed by atoms with van der Waals surface area (Å²) in [6, 6.07) is 7.13. The molecule has 7 nitrogen and oxygen atoms in total. The lowest BCUT2D eigenvalue weighted by atomic mass is 9.99. The number of hydrogen-bond donors (Lipinski definition) is 3. The van der Waals surface area contributed by atoms with Crippen LogP contribution in [0.5, 0.6) is 5.75 Å². The Bertz CT molecular complexity index is 505. The average molecular weight is 344 g/mol. The second-order valence-electron chi connectivity index (χ2n) is 5.19. The van der Waals surface area contributed by atoms with Crippen molar-refractivity contribution in [3.05, 3.63) is 29.8 Å². The molecule has 0 amide bonds. The highest BCUT2D eigenvalue weighted by molar-refractivity contribution is 7.79. The van der Waals surface area contributed by atoms with Gasteiger partial charge in [0.15, 0.2) is 12.4 Å². The number of aliphatic hydroxyl groups is 3. The van der Waals surface area contributed by atoms with Crippen LogP contribution in [0.2, 0.25) is 0 Å². The van der Waals surface area contributed by atoms with Crippen molar-refractivity contribution in [2.24, 2.45) is 0 Å². The third kappa shape index (κ3) is 4.37. The van der Waals surface area contributed by atoms with E-state index >= 15 is 0 Å². The molecule has 1 fully saturated rings. The van der Waals surface area contributed by atoms with E-state index in [1.165, 1.54) is 7.11 Å². The van der Waals surface area contributed by atoms with Gasteiger partial charge in [0.25, 0.3) is 0 Å². The highest BCUT2D eigenvalue weighted by atomic mass is 32.1. The molecule has 0 aromatic heterocycles. The fourth-order valence-electron chi connectivity index (χ4n) is 2.22. The van der Waals surface area contributed by atoms with Gasteiger partial charge in [-0.25, -0.2) is 0 Å². The zero-order valence-electron chi connectivity index (χ0n) is 12.8. The second-order valence-corrected chi connectivity index (χ2v) is 5.52. The first-order valence-electron chi connectivity index (χ1n) is 7.06. The summed E-state index contributed by atoms with van der Waals surface area (Å²) in [6.07, 6.45) is -5.75. The predicted molar refractivity (Wildman–Crippen MR) is 84.0 cm³/mol. The summed E-state index contributed by atoms with van der Waals surface area (Å²) in [5, 5.41) is 29.2. The highest BCUT2D eigenvalue weighted by Crippen LogP contribution is 2.24. The van der Waals surface area contributed by atoms with Gasteiger partial charge in [-0.1, -0.05) is 17.7 Å². The molecule has 0 bridgehead atoms. The van der Waals surface area contributed by atoms with Crippen LogP contribution in [0.25, 0.3) is 0 Å². The molecule has 5 atom stereocenters. The van der Waals surface area contributed by atoms with E-state index in [1.807, 2.05) is 19.1 Å². The molecule has 1 aromatic rings. The Balaban J connectivity index is 2.03. The number of methoxy groups -OCH3 is 1. The molecule has 2 rings (SSSR count). The maximum absolute atomic E-state index is 10.1. The number of thiocarbonyl (C=S) groups is 1. The smallest absolute Gasteiger partial charge is 0.358 e. The first kappa shape index (κ1) is 18.1. The standard InChI is InChI=1S/C15H20O7S/c1-8-3-5-9(6-4-8)20-15(23)22-13-11(17)10(7-16)21-14(19-2)12(13)18/h3-6,10-14,16-18H,7H2,1-2H3/t10-,11-,12+,13+,14-/m1/s1. The number of ether oxygens (including phenoxy) is 4. The van der Waals surface area contributed by atoms with Crippen molar-refractivity contribution in [1.82, 2.24) is 0 Å². The van der Waals surface area contributed by atoms with E-state index in [0.717, 1.165) is 5.56 Å². The van der Waals surface area contributed by atoms with Crippen LogP contribution in [0, 0.1) is 6.92 Å². The monoisotopic (exact) mass is 344 g/mol. The Hall–Kier alpha value is -1.29. The van der Waals surface area contributed by atoms with Gasteiger partial charge in [0, 0.05) is 19.3 Å². The molecule has 3 N–H and O–H groups in total. The lowest BCUT2D eigenvalue weighted by Gasteiger charge is -2.40. The Labute approximate surface area is 139 Å². The summed E-state index contributed by atoms with van der Waals surface area (Å²) in [6.45, 7) is 1.48. The minimum atomic E-state index is -1.29. The van der Waals surface area contributed by atoms with E-state index in [2.05, 4.69) is 0 Å². The van der Waals surface area contributed by atoms with Gasteiger partial charge in [-0.05, 0) is 19.1 Å². The van der Waals surface area contributed by atoms with Gasteiger partial charge in [-0.3, -0.25) is 0 Å². The number of hydrogen-bond acceptors (Lipinski definition) is 8. The van der Waals surface area contributed by atoms with Crippen LogP contribution < -0.4 is 4.74 Å². The van der Waals surface area contributed by atoms with E-state index in [0.29, 0.717) is 5.75 Å². The van der Waals surface area contributed by atoms with Gasteiger partial charge in [0.1, 0.15) is 24.1 Å². The third-order valence-corrected chi connectivity index (χ3v) is 3.69. The number of aliphatic hydroxyl groups excluding tert-OH is 3. The maximum atomic E-state index is 10.1. The number of benzene rings is 1. The van der Waals surface area contributed by atoms with Gasteiger partial charge in [-0.2, -0.15) is 0 Å². The van der Waals surface area contributed by atoms with Gasteiger partial charge in [0.2, 0.25) is 0 Å². The topological polar surface area (TPSA) is 97.6 Å². The van der Waals surface area contributed by atoms with Crippen LogP contribution in [0.15, 0.2) is 24.3 Å². The predicted octanol–water partition coefficient (Wildman–Crippen LogP) is 0.129. The largest absolute Gasteiger partial charge is 0.447 e. The molecule has 1 aliphatic heterocycles. The lowest BCUT2D eigenvalue weighted by molar-refractivity contribution is -0.292. The highest BCUT2D eigenvalue weighted by Gasteiger charge is 2.46. The van der Waals surface area contributed by atoms with Crippen LogP contribution in [0.1, 0.15) is 5.56 Å². The quantitative estimate of drug-likeness (QED) is 0.663. The lowest BCUT2D eigenvalue weighted by Crippen LogP contribution is -2.60. The van der Waals surface area contributed by atoms with Gasteiger partial charge >= 0.3 is 5.24 Å². The minimum Gasteiger partial charge on any atom is -0.447 e. The van der Waals surface area contributed by atoms with E-state index in [4.69, 9.17) is 31.2 Å². The van der Waals surface area contributed by atoms with E-state index in [1.54, 1.807) is 12.1 Å². The molecule has 1 aliphatic rings. The van der Waals surface area contributed by atoms with Crippen LogP contribution in [0.4, 0.5) is 0 Å². The van der Waals surface area contributed by atoms with Gasteiger partial charge in [-0.15, -0.1) is 0 Å². The fourth-order valence-corrected chi connectivity index (χ4v) is 2.43. The van der Waals surface area contributed by atoms with Crippen molar-refractivity contribution < 1.29 is 34.3 Å². The first-order valence-corrected chi connectivity index (χ1v) is 7.47. The molecule has 0 saturated carbocycles. The summed E-state index contributed by atoms with van der Waals surface area (Å²) in [5.74, 6) is 0.471. The zero-order valence-corrected chi connectivity index (χ0v) is 13.6. The second kappa shape index (κ2) is 8.00. The zero-order chi connectivity index (χ0) is 17.0. The summed E-state index contributed by atoms with van der Waals surface area (Å²) in [4.78, 5) is 0. The van der Waals surface area contributed by atoms with Crippen LogP contribution in [-0.2, 0) is 14.2 Å². The average Bonchev–Trinajstić information content (AvgIpc) is 2.54. The van der Waals surface area contributed by atoms with E-state index in [-0.39, 0.29) is 5.24 Å². The summed E-state index contributed by atoms with van der Waals surface area (Å²) < 4.78 is 20.9. The number of rotatable bonds is 4. The van der Waals surface area contributed by atoms with Crippen molar-refractivity contribution in [2.45, 2.75) is 37.6 Å². The molecule has 1 heterocycles. The summed E-state index contributed by atoms with van der Waals surface area (Å²) in [7, 11) is 1.33. The van der Waals surface area contributed by atoms with Crippen molar-refractivity contribution in [3.8, 4) is 5.75 Å². The molecule has 0 unspecified atom stereocenters. The maximum Gasteiger partial charge on any atom is 0.358 e. The molecule has 0 spiro atoms. The molecule has 128 valence electrons. The molecule has 1 saturated heterocycles. The van der Waals surface area contributed by atoms with Crippen LogP contribution >= 0.6 is 12.2 Å². The molecule has 0 radical (unpaired) electrons. The van der Waals surface area contributed by atoms with Crippen molar-refractivity contribution in [2.75, 3.05) is 13.7 Å². The Morgan fingerprint density at radius 2 is 1.87 bits per heavy atom. The van der Waals surface area contributed by atoms with Crippen LogP contribution in [-0.4, -0.2) is 65.0 Å². The van der Waals surface area contributed by atoms with Crippen molar-refractivity contribution in [3.63, 3.8) is 0 Å². The van der Waals surface area contributed by atoms with E-state index in [9.17, 15) is 15.3 Å². The summed E-state index contributed by atoms with van der Waals surface area (Å²) >= 11 is 4.99. The summed E-state index contributed by atoms with van der Waals surface area (Å²) in [5.41, 5.74) is 1.06. The molecular weight excluding hydrogens is 324 g/mol. The molecule has 0 aliphatic carbocycles.